The van der Waals surface area contributed by atoms with E-state index in [1.165, 1.54) is 0 Å². The van der Waals surface area contributed by atoms with Crippen molar-refractivity contribution in [3.05, 3.63) is 0 Å². The van der Waals surface area contributed by atoms with Crippen LogP contribution in [0.2, 0.25) is 0 Å². The summed E-state index contributed by atoms with van der Waals surface area (Å²) in [5.41, 5.74) is 0. The van der Waals surface area contributed by atoms with Crippen LogP contribution < -0.4 is 5.32 Å². The third-order valence-electron chi connectivity index (χ3n) is 3.50. The number of alkyl halides is 3. The third kappa shape index (κ3) is 5.57. The van der Waals surface area contributed by atoms with E-state index in [1.54, 1.807) is 0 Å². The lowest BCUT2D eigenvalue weighted by atomic mass is 9.94. The smallest absolute Gasteiger partial charge is 0.250 e. The highest BCUT2D eigenvalue weighted by Gasteiger charge is 2.37. The summed E-state index contributed by atoms with van der Waals surface area (Å²) in [6.07, 6.45) is 4.41. The van der Waals surface area contributed by atoms with Crippen molar-refractivity contribution in [2.45, 2.75) is 63.1 Å². The molecule has 1 aliphatic heterocycles. The zero-order chi connectivity index (χ0) is 13.4. The molecule has 2 aliphatic rings. The van der Waals surface area contributed by atoms with Crippen LogP contribution in [0.3, 0.4) is 0 Å². The molecular formula is C13H24F3NO. The second-order valence-corrected chi connectivity index (χ2v) is 5.01. The highest BCUT2D eigenvalue weighted by atomic mass is 19.3. The summed E-state index contributed by atoms with van der Waals surface area (Å²) in [6, 6.07) is 0. The molecule has 5 heteroatoms. The van der Waals surface area contributed by atoms with Crippen LogP contribution in [0.25, 0.3) is 0 Å². The van der Waals surface area contributed by atoms with E-state index in [1.807, 2.05) is 0 Å². The monoisotopic (exact) mass is 267 g/mol. The Balaban J connectivity index is 0.000000771. The molecule has 0 aromatic carbocycles. The second-order valence-electron chi connectivity index (χ2n) is 5.01. The molecule has 2 atom stereocenters. The van der Waals surface area contributed by atoms with Gasteiger partial charge in [-0.15, -0.1) is 0 Å². The first-order valence-electron chi connectivity index (χ1n) is 6.77. The molecule has 2 rings (SSSR count). The minimum Gasteiger partial charge on any atom is -0.375 e. The Kier molecular flexibility index (Phi) is 7.00. The predicted molar refractivity (Wildman–Crippen MR) is 65.8 cm³/mol. The van der Waals surface area contributed by atoms with Crippen LogP contribution in [0.15, 0.2) is 0 Å². The maximum atomic E-state index is 13.2. The van der Waals surface area contributed by atoms with Crippen molar-refractivity contribution in [2.75, 3.05) is 20.3 Å². The molecule has 0 radical (unpaired) electrons. The molecule has 0 spiro atoms. The Morgan fingerprint density at radius 2 is 1.72 bits per heavy atom. The van der Waals surface area contributed by atoms with Crippen LogP contribution in [0.4, 0.5) is 13.2 Å². The standard InChI is InChI=1S/C12H21F2NO.CH3F/c13-12(14)6-1-3-11(9-12)16-10-4-2-7-15-8-5-10;1-2/h10-11,15H,1-9H2;1H3. The number of rotatable bonds is 2. The fourth-order valence-electron chi connectivity index (χ4n) is 2.64. The van der Waals surface area contributed by atoms with Gasteiger partial charge in [0.05, 0.1) is 19.4 Å². The van der Waals surface area contributed by atoms with Crippen molar-refractivity contribution in [2.24, 2.45) is 0 Å². The molecule has 0 bridgehead atoms. The summed E-state index contributed by atoms with van der Waals surface area (Å²) in [6.45, 7) is 1.98. The Hall–Kier alpha value is -0.290. The average molecular weight is 267 g/mol. The van der Waals surface area contributed by atoms with E-state index in [4.69, 9.17) is 4.74 Å². The van der Waals surface area contributed by atoms with Gasteiger partial charge >= 0.3 is 0 Å². The van der Waals surface area contributed by atoms with Gasteiger partial charge in [-0.2, -0.15) is 0 Å². The average Bonchev–Trinajstić information content (AvgIpc) is 2.59. The zero-order valence-electron chi connectivity index (χ0n) is 11.1. The molecule has 2 nitrogen and oxygen atoms in total. The molecule has 2 fully saturated rings. The maximum Gasteiger partial charge on any atom is 0.250 e. The topological polar surface area (TPSA) is 21.3 Å². The number of hydrogen-bond acceptors (Lipinski definition) is 2. The first-order chi connectivity index (χ1) is 8.66. The second kappa shape index (κ2) is 8.00. The largest absolute Gasteiger partial charge is 0.375 e. The van der Waals surface area contributed by atoms with Crippen LogP contribution in [-0.2, 0) is 4.74 Å². The van der Waals surface area contributed by atoms with Crippen LogP contribution >= 0.6 is 0 Å². The number of nitrogens with one attached hydrogen (secondary N) is 1. The van der Waals surface area contributed by atoms with Gasteiger partial charge in [-0.3, -0.25) is 4.39 Å². The normalized spacial score (nSPS) is 32.0. The van der Waals surface area contributed by atoms with Gasteiger partial charge in [0.25, 0.3) is 5.92 Å². The summed E-state index contributed by atoms with van der Waals surface area (Å²) in [5.74, 6) is -2.49. The van der Waals surface area contributed by atoms with Crippen molar-refractivity contribution >= 4 is 0 Å². The van der Waals surface area contributed by atoms with E-state index in [0.29, 0.717) is 13.6 Å². The van der Waals surface area contributed by atoms with Gasteiger partial charge in [0.15, 0.2) is 0 Å². The minimum absolute atomic E-state index is 0.0408. The van der Waals surface area contributed by atoms with Crippen LogP contribution in [0, 0.1) is 0 Å². The molecule has 108 valence electrons. The lowest BCUT2D eigenvalue weighted by molar-refractivity contribution is -0.117. The molecule has 2 unspecified atom stereocenters. The van der Waals surface area contributed by atoms with Gasteiger partial charge in [-0.1, -0.05) is 0 Å². The van der Waals surface area contributed by atoms with E-state index in [2.05, 4.69) is 5.32 Å². The molecule has 18 heavy (non-hydrogen) atoms. The van der Waals surface area contributed by atoms with Crippen molar-refractivity contribution in [3.63, 3.8) is 0 Å². The van der Waals surface area contributed by atoms with Gasteiger partial charge in [-0.05, 0) is 45.2 Å². The first-order valence-corrected chi connectivity index (χ1v) is 6.77. The number of hydrogen-bond donors (Lipinski definition) is 1. The lowest BCUT2D eigenvalue weighted by Crippen LogP contribution is -2.34. The first kappa shape index (κ1) is 15.8. The highest BCUT2D eigenvalue weighted by molar-refractivity contribution is 4.80. The lowest BCUT2D eigenvalue weighted by Gasteiger charge is -2.31. The molecule has 0 aromatic heterocycles. The molecule has 0 amide bonds. The van der Waals surface area contributed by atoms with Crippen molar-refractivity contribution in [3.8, 4) is 0 Å². The zero-order valence-corrected chi connectivity index (χ0v) is 11.1. The predicted octanol–water partition coefficient (Wildman–Crippen LogP) is 3.31. The Morgan fingerprint density at radius 1 is 1.00 bits per heavy atom. The number of halogens is 3. The molecule has 1 N–H and O–H groups in total. The van der Waals surface area contributed by atoms with E-state index in [9.17, 15) is 13.2 Å². The Bertz CT molecular complexity index is 218. The molecular weight excluding hydrogens is 243 g/mol. The summed E-state index contributed by atoms with van der Waals surface area (Å²) >= 11 is 0. The van der Waals surface area contributed by atoms with E-state index in [-0.39, 0.29) is 25.0 Å². The maximum absolute atomic E-state index is 13.2. The summed E-state index contributed by atoms with van der Waals surface area (Å²) in [7, 11) is 0.500. The minimum atomic E-state index is -2.49. The fraction of sp³-hybridized carbons (Fsp3) is 1.00. The Morgan fingerprint density at radius 3 is 2.44 bits per heavy atom. The SMILES string of the molecule is CF.FC1(F)CCCC(OC2CCCNCC2)C1. The molecule has 0 aromatic rings. The van der Waals surface area contributed by atoms with E-state index >= 15 is 0 Å². The fourth-order valence-corrected chi connectivity index (χ4v) is 2.64. The third-order valence-corrected chi connectivity index (χ3v) is 3.50. The van der Waals surface area contributed by atoms with Gasteiger partial charge in [0.2, 0.25) is 0 Å². The summed E-state index contributed by atoms with van der Waals surface area (Å²) < 4.78 is 41.7. The molecule has 1 heterocycles. The van der Waals surface area contributed by atoms with Crippen molar-refractivity contribution in [1.82, 2.24) is 5.32 Å². The van der Waals surface area contributed by atoms with Crippen LogP contribution in [0.1, 0.15) is 44.9 Å². The van der Waals surface area contributed by atoms with Gasteiger partial charge in [0.1, 0.15) is 0 Å². The Labute approximate surface area is 107 Å². The molecule has 1 saturated heterocycles. The molecule has 1 saturated carbocycles. The highest BCUT2D eigenvalue weighted by Crippen LogP contribution is 2.35. The van der Waals surface area contributed by atoms with E-state index < -0.39 is 5.92 Å². The quantitative estimate of drug-likeness (QED) is 0.828. The van der Waals surface area contributed by atoms with Crippen molar-refractivity contribution in [1.29, 1.82) is 0 Å². The summed E-state index contributed by atoms with van der Waals surface area (Å²) in [4.78, 5) is 0. The van der Waals surface area contributed by atoms with Gasteiger partial charge < -0.3 is 10.1 Å². The van der Waals surface area contributed by atoms with Crippen molar-refractivity contribution < 1.29 is 17.9 Å². The van der Waals surface area contributed by atoms with Gasteiger partial charge in [-0.25, -0.2) is 8.78 Å². The van der Waals surface area contributed by atoms with E-state index in [0.717, 1.165) is 38.8 Å². The van der Waals surface area contributed by atoms with Gasteiger partial charge in [0, 0.05) is 12.8 Å². The molecule has 1 aliphatic carbocycles. The van der Waals surface area contributed by atoms with Crippen LogP contribution in [-0.4, -0.2) is 38.4 Å². The van der Waals surface area contributed by atoms with Crippen LogP contribution in [0.5, 0.6) is 0 Å². The number of ether oxygens (including phenoxy) is 1. The summed E-state index contributed by atoms with van der Waals surface area (Å²) in [5, 5.41) is 3.30.